The maximum absolute atomic E-state index is 5.58. The van der Waals surface area contributed by atoms with E-state index in [4.69, 9.17) is 5.73 Å². The average molecular weight is 100 g/mol. The maximum Gasteiger partial charge on any atom is 0.0179 e. The summed E-state index contributed by atoms with van der Waals surface area (Å²) in [5.74, 6) is 0. The highest BCUT2D eigenvalue weighted by molar-refractivity contribution is 4.74. The maximum atomic E-state index is 5.58. The van der Waals surface area contributed by atoms with Gasteiger partial charge in [-0.05, 0) is 20.0 Å². The molecule has 42 valence electrons. The quantitative estimate of drug-likeness (QED) is 0.451. The van der Waals surface area contributed by atoms with Crippen LogP contribution in [0.25, 0.3) is 0 Å². The molecule has 1 heterocycles. The number of likely N-dealkylation sites (tertiary alicyclic amines) is 1. The number of rotatable bonds is 0. The number of likely N-dealkylation sites (N-methyl/N-ethyl adjacent to an activating group) is 1. The molecule has 1 aliphatic heterocycles. The number of nitrogens with two attached hydrogens (primary N) is 1. The van der Waals surface area contributed by atoms with E-state index in [-0.39, 0.29) is 0 Å². The highest BCUT2D eigenvalue weighted by Gasteiger charge is 2.13. The van der Waals surface area contributed by atoms with Crippen molar-refractivity contribution in [2.24, 2.45) is 5.73 Å². The van der Waals surface area contributed by atoms with E-state index in [2.05, 4.69) is 11.9 Å². The van der Waals surface area contributed by atoms with Gasteiger partial charge in [-0.1, -0.05) is 0 Å². The van der Waals surface area contributed by atoms with E-state index >= 15 is 0 Å². The predicted octanol–water partition coefficient (Wildman–Crippen LogP) is -0.351. The minimum Gasteiger partial charge on any atom is -0.326 e. The Labute approximate surface area is 44.3 Å². The molecule has 0 amide bonds. The fourth-order valence-corrected chi connectivity index (χ4v) is 0.969. The molecule has 0 saturated carbocycles. The fourth-order valence-electron chi connectivity index (χ4n) is 0.969. The summed E-state index contributed by atoms with van der Waals surface area (Å²) < 4.78 is 0. The SMILES string of the molecule is CN1CC[C@H](N)C1. The van der Waals surface area contributed by atoms with Gasteiger partial charge in [0, 0.05) is 12.6 Å². The van der Waals surface area contributed by atoms with Gasteiger partial charge in [0.15, 0.2) is 0 Å². The van der Waals surface area contributed by atoms with E-state index in [0.717, 1.165) is 6.54 Å². The van der Waals surface area contributed by atoms with Crippen LogP contribution in [0.5, 0.6) is 0 Å². The Morgan fingerprint density at radius 3 is 2.57 bits per heavy atom. The molecule has 1 rings (SSSR count). The van der Waals surface area contributed by atoms with E-state index in [1.54, 1.807) is 0 Å². The van der Waals surface area contributed by atoms with E-state index in [1.807, 2.05) is 0 Å². The molecule has 2 N–H and O–H groups in total. The fraction of sp³-hybridized carbons (Fsp3) is 1.00. The average Bonchev–Trinajstić information content (AvgIpc) is 1.87. The molecule has 1 aliphatic rings. The van der Waals surface area contributed by atoms with Crippen LogP contribution in [-0.2, 0) is 0 Å². The Balaban J connectivity index is 2.26. The molecule has 0 aromatic rings. The summed E-state index contributed by atoms with van der Waals surface area (Å²) in [5.41, 5.74) is 5.58. The standard InChI is InChI=1S/C5H12N2/c1-7-3-2-5(6)4-7/h5H,2-4,6H2,1H3/t5-/m0/s1. The minimum absolute atomic E-state index is 0.449. The lowest BCUT2D eigenvalue weighted by Crippen LogP contribution is -2.23. The minimum atomic E-state index is 0.449. The molecule has 0 spiro atoms. The van der Waals surface area contributed by atoms with Gasteiger partial charge in [0.2, 0.25) is 0 Å². The Morgan fingerprint density at radius 1 is 1.71 bits per heavy atom. The van der Waals surface area contributed by atoms with Gasteiger partial charge < -0.3 is 10.6 Å². The van der Waals surface area contributed by atoms with Crippen LogP contribution in [0.3, 0.4) is 0 Å². The summed E-state index contributed by atoms with van der Waals surface area (Å²) in [6.45, 7) is 2.27. The monoisotopic (exact) mass is 100 g/mol. The van der Waals surface area contributed by atoms with Crippen LogP contribution in [0.4, 0.5) is 0 Å². The molecule has 1 saturated heterocycles. The molecular formula is C5H12N2. The lowest BCUT2D eigenvalue weighted by Gasteiger charge is -2.03. The lowest BCUT2D eigenvalue weighted by atomic mass is 10.3. The Morgan fingerprint density at radius 2 is 2.43 bits per heavy atom. The zero-order chi connectivity index (χ0) is 5.28. The summed E-state index contributed by atoms with van der Waals surface area (Å²) >= 11 is 0. The van der Waals surface area contributed by atoms with Crippen molar-refractivity contribution in [1.82, 2.24) is 4.90 Å². The third kappa shape index (κ3) is 1.14. The van der Waals surface area contributed by atoms with Gasteiger partial charge in [0.1, 0.15) is 0 Å². The smallest absolute Gasteiger partial charge is 0.0179 e. The summed E-state index contributed by atoms with van der Waals surface area (Å²) in [4.78, 5) is 2.25. The van der Waals surface area contributed by atoms with Crippen molar-refractivity contribution in [2.75, 3.05) is 20.1 Å². The molecule has 1 fully saturated rings. The molecule has 2 heteroatoms. The van der Waals surface area contributed by atoms with Crippen molar-refractivity contribution in [2.45, 2.75) is 12.5 Å². The first kappa shape index (κ1) is 5.06. The molecule has 1 atom stereocenters. The first-order valence-electron chi connectivity index (χ1n) is 2.73. The van der Waals surface area contributed by atoms with Crippen molar-refractivity contribution in [3.63, 3.8) is 0 Å². The van der Waals surface area contributed by atoms with Crippen LogP contribution < -0.4 is 5.73 Å². The topological polar surface area (TPSA) is 29.3 Å². The second-order valence-corrected chi connectivity index (χ2v) is 2.31. The van der Waals surface area contributed by atoms with Crippen LogP contribution in [0, 0.1) is 0 Å². The molecule has 0 bridgehead atoms. The summed E-state index contributed by atoms with van der Waals surface area (Å²) in [6.07, 6.45) is 1.18. The van der Waals surface area contributed by atoms with Gasteiger partial charge in [-0.3, -0.25) is 0 Å². The van der Waals surface area contributed by atoms with Crippen molar-refractivity contribution < 1.29 is 0 Å². The van der Waals surface area contributed by atoms with E-state index in [1.165, 1.54) is 13.0 Å². The van der Waals surface area contributed by atoms with Gasteiger partial charge in [-0.15, -0.1) is 0 Å². The van der Waals surface area contributed by atoms with Gasteiger partial charge in [-0.2, -0.15) is 0 Å². The molecule has 0 aromatic carbocycles. The first-order valence-corrected chi connectivity index (χ1v) is 2.73. The summed E-state index contributed by atoms with van der Waals surface area (Å²) in [5, 5.41) is 0. The Hall–Kier alpha value is -0.0800. The third-order valence-electron chi connectivity index (χ3n) is 1.43. The van der Waals surface area contributed by atoms with E-state index in [9.17, 15) is 0 Å². The van der Waals surface area contributed by atoms with Crippen molar-refractivity contribution in [3.05, 3.63) is 0 Å². The molecular weight excluding hydrogens is 88.1 g/mol. The molecule has 0 radical (unpaired) electrons. The van der Waals surface area contributed by atoms with Crippen LogP contribution in [-0.4, -0.2) is 31.1 Å². The summed E-state index contributed by atoms with van der Waals surface area (Å²) in [6, 6.07) is 0.449. The molecule has 0 unspecified atom stereocenters. The van der Waals surface area contributed by atoms with Gasteiger partial charge >= 0.3 is 0 Å². The van der Waals surface area contributed by atoms with Crippen molar-refractivity contribution >= 4 is 0 Å². The number of hydrogen-bond donors (Lipinski definition) is 1. The van der Waals surface area contributed by atoms with Gasteiger partial charge in [0.05, 0.1) is 0 Å². The summed E-state index contributed by atoms with van der Waals surface area (Å²) in [7, 11) is 2.10. The molecule has 0 aromatic heterocycles. The zero-order valence-electron chi connectivity index (χ0n) is 4.72. The Kier molecular flexibility index (Phi) is 1.30. The lowest BCUT2D eigenvalue weighted by molar-refractivity contribution is 0.411. The zero-order valence-corrected chi connectivity index (χ0v) is 4.72. The van der Waals surface area contributed by atoms with Crippen molar-refractivity contribution in [1.29, 1.82) is 0 Å². The normalized spacial score (nSPS) is 34.3. The third-order valence-corrected chi connectivity index (χ3v) is 1.43. The Bertz CT molecular complexity index is 55.1. The van der Waals surface area contributed by atoms with Crippen LogP contribution in [0.15, 0.2) is 0 Å². The second kappa shape index (κ2) is 1.80. The van der Waals surface area contributed by atoms with Crippen molar-refractivity contribution in [3.8, 4) is 0 Å². The van der Waals surface area contributed by atoms with E-state index in [0.29, 0.717) is 6.04 Å². The van der Waals surface area contributed by atoms with Crippen LogP contribution in [0.2, 0.25) is 0 Å². The number of hydrogen-bond acceptors (Lipinski definition) is 2. The molecule has 7 heavy (non-hydrogen) atoms. The molecule has 0 aliphatic carbocycles. The van der Waals surface area contributed by atoms with Crippen LogP contribution >= 0.6 is 0 Å². The highest BCUT2D eigenvalue weighted by atomic mass is 15.1. The first-order chi connectivity index (χ1) is 3.29. The largest absolute Gasteiger partial charge is 0.326 e. The van der Waals surface area contributed by atoms with E-state index < -0.39 is 0 Å². The molecule has 2 nitrogen and oxygen atoms in total. The number of nitrogens with zero attached hydrogens (tertiary/aromatic N) is 1. The highest BCUT2D eigenvalue weighted by Crippen LogP contribution is 2.01. The van der Waals surface area contributed by atoms with Crippen LogP contribution in [0.1, 0.15) is 6.42 Å². The van der Waals surface area contributed by atoms with Gasteiger partial charge in [0.25, 0.3) is 0 Å². The second-order valence-electron chi connectivity index (χ2n) is 2.31. The van der Waals surface area contributed by atoms with Gasteiger partial charge in [-0.25, -0.2) is 0 Å². The predicted molar refractivity (Wildman–Crippen MR) is 30.1 cm³/mol.